The second-order valence-electron chi connectivity index (χ2n) is 5.07. The number of rotatable bonds is 2. The fourth-order valence-corrected chi connectivity index (χ4v) is 2.65. The van der Waals surface area contributed by atoms with Crippen LogP contribution in [0.3, 0.4) is 0 Å². The Balaban J connectivity index is 1.84. The van der Waals surface area contributed by atoms with E-state index in [1.165, 1.54) is 11.8 Å². The SMILES string of the molecule is N#C[C@@]1(NC(=O)c2ccco2)CCc2ccccc2C1. The molecule has 0 bridgehead atoms. The number of hydrogen-bond acceptors (Lipinski definition) is 3. The standard InChI is InChI=1S/C16H14N2O2/c17-11-16(18-15(19)14-6-3-9-20-14)8-7-12-4-1-2-5-13(12)10-16/h1-6,9H,7-8,10H2,(H,18,19)/t16-/m1/s1. The molecule has 1 aromatic heterocycles. The molecular weight excluding hydrogens is 252 g/mol. The first-order valence-corrected chi connectivity index (χ1v) is 6.56. The fraction of sp³-hybridized carbons (Fsp3) is 0.250. The number of nitrogens with one attached hydrogen (secondary N) is 1. The van der Waals surface area contributed by atoms with Gasteiger partial charge in [0, 0.05) is 6.42 Å². The molecule has 1 aliphatic carbocycles. The molecule has 0 fully saturated rings. The summed E-state index contributed by atoms with van der Waals surface area (Å²) in [6.07, 6.45) is 3.39. The average molecular weight is 266 g/mol. The monoisotopic (exact) mass is 266 g/mol. The lowest BCUT2D eigenvalue weighted by Gasteiger charge is -2.32. The molecule has 0 radical (unpaired) electrons. The number of fused-ring (bicyclic) bond motifs is 1. The molecule has 2 aromatic rings. The predicted molar refractivity (Wildman–Crippen MR) is 73.0 cm³/mol. The van der Waals surface area contributed by atoms with Crippen LogP contribution in [0.5, 0.6) is 0 Å². The van der Waals surface area contributed by atoms with E-state index in [1.54, 1.807) is 12.1 Å². The molecule has 0 unspecified atom stereocenters. The number of aryl methyl sites for hydroxylation is 1. The van der Waals surface area contributed by atoms with Crippen LogP contribution in [0.4, 0.5) is 0 Å². The lowest BCUT2D eigenvalue weighted by atomic mass is 9.79. The molecule has 1 atom stereocenters. The Morgan fingerprint density at radius 2 is 2.05 bits per heavy atom. The highest BCUT2D eigenvalue weighted by molar-refractivity contribution is 5.92. The van der Waals surface area contributed by atoms with Gasteiger partial charge in [0.25, 0.3) is 5.91 Å². The number of carbonyl (C=O) groups is 1. The van der Waals surface area contributed by atoms with Crippen LogP contribution in [-0.2, 0) is 12.8 Å². The quantitative estimate of drug-likeness (QED) is 0.908. The Morgan fingerprint density at radius 3 is 2.75 bits per heavy atom. The van der Waals surface area contributed by atoms with Crippen molar-refractivity contribution in [1.82, 2.24) is 5.32 Å². The lowest BCUT2D eigenvalue weighted by molar-refractivity contribution is 0.0885. The molecule has 100 valence electrons. The molecule has 1 heterocycles. The number of nitrogens with zero attached hydrogens (tertiary/aromatic N) is 1. The van der Waals surface area contributed by atoms with Gasteiger partial charge in [-0.05, 0) is 36.1 Å². The molecule has 0 aliphatic heterocycles. The summed E-state index contributed by atoms with van der Waals surface area (Å²) < 4.78 is 5.07. The van der Waals surface area contributed by atoms with Crippen LogP contribution in [0.2, 0.25) is 0 Å². The van der Waals surface area contributed by atoms with Crippen LogP contribution in [0.15, 0.2) is 47.1 Å². The normalized spacial score (nSPS) is 20.8. The van der Waals surface area contributed by atoms with Crippen molar-refractivity contribution in [3.63, 3.8) is 0 Å². The molecule has 0 saturated heterocycles. The summed E-state index contributed by atoms with van der Waals surface area (Å²) >= 11 is 0. The van der Waals surface area contributed by atoms with Gasteiger partial charge >= 0.3 is 0 Å². The van der Waals surface area contributed by atoms with E-state index in [9.17, 15) is 10.1 Å². The van der Waals surface area contributed by atoms with E-state index in [4.69, 9.17) is 4.42 Å². The second-order valence-corrected chi connectivity index (χ2v) is 5.07. The van der Waals surface area contributed by atoms with E-state index in [0.717, 1.165) is 12.0 Å². The van der Waals surface area contributed by atoms with E-state index >= 15 is 0 Å². The van der Waals surface area contributed by atoms with Gasteiger partial charge in [-0.1, -0.05) is 24.3 Å². The van der Waals surface area contributed by atoms with Crippen molar-refractivity contribution in [3.8, 4) is 6.07 Å². The van der Waals surface area contributed by atoms with Crippen molar-refractivity contribution < 1.29 is 9.21 Å². The third kappa shape index (κ3) is 2.19. The summed E-state index contributed by atoms with van der Waals surface area (Å²) in [5.41, 5.74) is 1.53. The van der Waals surface area contributed by atoms with Crippen LogP contribution < -0.4 is 5.32 Å². The number of furan rings is 1. The van der Waals surface area contributed by atoms with Gasteiger partial charge in [-0.25, -0.2) is 0 Å². The van der Waals surface area contributed by atoms with Gasteiger partial charge in [0.1, 0.15) is 5.54 Å². The predicted octanol–water partition coefficient (Wildman–Crippen LogP) is 2.46. The Morgan fingerprint density at radius 1 is 1.25 bits per heavy atom. The second kappa shape index (κ2) is 4.86. The van der Waals surface area contributed by atoms with Crippen LogP contribution in [-0.4, -0.2) is 11.4 Å². The highest BCUT2D eigenvalue weighted by Crippen LogP contribution is 2.28. The Labute approximate surface area is 117 Å². The third-order valence-electron chi connectivity index (χ3n) is 3.74. The van der Waals surface area contributed by atoms with Gasteiger partial charge in [0.2, 0.25) is 0 Å². The van der Waals surface area contributed by atoms with E-state index in [-0.39, 0.29) is 11.7 Å². The van der Waals surface area contributed by atoms with Crippen molar-refractivity contribution in [2.24, 2.45) is 0 Å². The molecule has 3 rings (SSSR count). The largest absolute Gasteiger partial charge is 0.459 e. The summed E-state index contributed by atoms with van der Waals surface area (Å²) in [4.78, 5) is 12.1. The molecule has 4 nitrogen and oxygen atoms in total. The molecule has 4 heteroatoms. The minimum absolute atomic E-state index is 0.235. The van der Waals surface area contributed by atoms with Gasteiger partial charge in [-0.3, -0.25) is 4.79 Å². The summed E-state index contributed by atoms with van der Waals surface area (Å²) in [6.45, 7) is 0. The van der Waals surface area contributed by atoms with Crippen molar-refractivity contribution in [2.45, 2.75) is 24.8 Å². The molecule has 0 spiro atoms. The van der Waals surface area contributed by atoms with E-state index in [1.807, 2.05) is 18.2 Å². The van der Waals surface area contributed by atoms with Gasteiger partial charge in [0.15, 0.2) is 5.76 Å². The molecule has 1 amide bonds. The minimum Gasteiger partial charge on any atom is -0.459 e. The zero-order valence-corrected chi connectivity index (χ0v) is 10.9. The van der Waals surface area contributed by atoms with Gasteiger partial charge in [-0.15, -0.1) is 0 Å². The molecule has 1 aliphatic rings. The van der Waals surface area contributed by atoms with Crippen molar-refractivity contribution in [2.75, 3.05) is 0 Å². The number of nitriles is 1. The van der Waals surface area contributed by atoms with Crippen molar-refractivity contribution in [3.05, 3.63) is 59.5 Å². The van der Waals surface area contributed by atoms with Crippen molar-refractivity contribution in [1.29, 1.82) is 5.26 Å². The number of amides is 1. The highest BCUT2D eigenvalue weighted by Gasteiger charge is 2.36. The maximum atomic E-state index is 12.1. The van der Waals surface area contributed by atoms with Crippen LogP contribution in [0, 0.1) is 11.3 Å². The van der Waals surface area contributed by atoms with Crippen LogP contribution in [0.1, 0.15) is 28.1 Å². The first kappa shape index (κ1) is 12.5. The maximum Gasteiger partial charge on any atom is 0.288 e. The number of carbonyl (C=O) groups excluding carboxylic acids is 1. The Kier molecular flexibility index (Phi) is 3.03. The average Bonchev–Trinajstić information content (AvgIpc) is 3.01. The Hall–Kier alpha value is -2.54. The van der Waals surface area contributed by atoms with E-state index in [0.29, 0.717) is 12.8 Å². The summed E-state index contributed by atoms with van der Waals surface area (Å²) in [5, 5.41) is 12.3. The van der Waals surface area contributed by atoms with Crippen molar-refractivity contribution >= 4 is 5.91 Å². The molecule has 0 saturated carbocycles. The zero-order valence-electron chi connectivity index (χ0n) is 10.9. The first-order valence-electron chi connectivity index (χ1n) is 6.56. The summed E-state index contributed by atoms with van der Waals surface area (Å²) in [7, 11) is 0. The molecule has 20 heavy (non-hydrogen) atoms. The van der Waals surface area contributed by atoms with E-state index < -0.39 is 5.54 Å². The topological polar surface area (TPSA) is 66.0 Å². The van der Waals surface area contributed by atoms with Crippen LogP contribution >= 0.6 is 0 Å². The third-order valence-corrected chi connectivity index (χ3v) is 3.74. The summed E-state index contributed by atoms with van der Waals surface area (Å²) in [5.74, 6) is -0.102. The molecule has 1 aromatic carbocycles. The zero-order chi connectivity index (χ0) is 14.0. The van der Waals surface area contributed by atoms with Crippen LogP contribution in [0.25, 0.3) is 0 Å². The minimum atomic E-state index is -0.849. The first-order chi connectivity index (χ1) is 9.72. The smallest absolute Gasteiger partial charge is 0.288 e. The number of hydrogen-bond donors (Lipinski definition) is 1. The fourth-order valence-electron chi connectivity index (χ4n) is 2.65. The van der Waals surface area contributed by atoms with Gasteiger partial charge in [-0.2, -0.15) is 5.26 Å². The Bertz CT molecular complexity index is 670. The van der Waals surface area contributed by atoms with Gasteiger partial charge < -0.3 is 9.73 Å². The summed E-state index contributed by atoms with van der Waals surface area (Å²) in [6, 6.07) is 13.6. The molecule has 1 N–H and O–H groups in total. The van der Waals surface area contributed by atoms with E-state index in [2.05, 4.69) is 17.5 Å². The highest BCUT2D eigenvalue weighted by atomic mass is 16.3. The van der Waals surface area contributed by atoms with Gasteiger partial charge in [0.05, 0.1) is 12.3 Å². The maximum absolute atomic E-state index is 12.1. The number of benzene rings is 1. The molecular formula is C16H14N2O2. The lowest BCUT2D eigenvalue weighted by Crippen LogP contribution is -2.51.